The Bertz CT molecular complexity index is 371. The van der Waals surface area contributed by atoms with Crippen LogP contribution in [0.25, 0.3) is 0 Å². The first-order valence-corrected chi connectivity index (χ1v) is 6.87. The standard InChI is InChI=1S/C12H19NO3S/c1-3-16-10(8-13)9-17(14)12-7-5-4-6-11(12)15-2/h4-7,10H,3,8-9,13H2,1-2H3. The van der Waals surface area contributed by atoms with E-state index in [0.717, 1.165) is 0 Å². The van der Waals surface area contributed by atoms with Gasteiger partial charge in [-0.25, -0.2) is 0 Å². The predicted molar refractivity (Wildman–Crippen MR) is 68.7 cm³/mol. The molecular formula is C12H19NO3S. The molecule has 1 aromatic carbocycles. The van der Waals surface area contributed by atoms with Crippen molar-refractivity contribution in [1.29, 1.82) is 0 Å². The Morgan fingerprint density at radius 2 is 2.12 bits per heavy atom. The van der Waals surface area contributed by atoms with Gasteiger partial charge in [-0.05, 0) is 19.1 Å². The van der Waals surface area contributed by atoms with Gasteiger partial charge in [-0.2, -0.15) is 0 Å². The van der Waals surface area contributed by atoms with E-state index in [4.69, 9.17) is 15.2 Å². The maximum atomic E-state index is 12.2. The summed E-state index contributed by atoms with van der Waals surface area (Å²) in [7, 11) is 0.412. The minimum atomic E-state index is -1.16. The number of nitrogens with two attached hydrogens (primary N) is 1. The van der Waals surface area contributed by atoms with Crippen molar-refractivity contribution in [1.82, 2.24) is 0 Å². The molecule has 96 valence electrons. The van der Waals surface area contributed by atoms with Crippen LogP contribution in [0, 0.1) is 0 Å². The number of rotatable bonds is 7. The largest absolute Gasteiger partial charge is 0.495 e. The summed E-state index contributed by atoms with van der Waals surface area (Å²) in [5.74, 6) is 1.03. The molecule has 0 aromatic heterocycles. The third-order valence-corrected chi connectivity index (χ3v) is 3.82. The van der Waals surface area contributed by atoms with Crippen molar-refractivity contribution >= 4 is 10.8 Å². The molecule has 1 rings (SSSR count). The van der Waals surface area contributed by atoms with Gasteiger partial charge < -0.3 is 15.2 Å². The van der Waals surface area contributed by atoms with E-state index in [1.165, 1.54) is 0 Å². The summed E-state index contributed by atoms with van der Waals surface area (Å²) in [5.41, 5.74) is 5.57. The lowest BCUT2D eigenvalue weighted by Crippen LogP contribution is -2.29. The summed E-state index contributed by atoms with van der Waals surface area (Å²) < 4.78 is 22.7. The molecular weight excluding hydrogens is 238 g/mol. The highest BCUT2D eigenvalue weighted by molar-refractivity contribution is 7.85. The van der Waals surface area contributed by atoms with Gasteiger partial charge in [0.25, 0.3) is 0 Å². The van der Waals surface area contributed by atoms with E-state index >= 15 is 0 Å². The predicted octanol–water partition coefficient (Wildman–Crippen LogP) is 1.17. The Morgan fingerprint density at radius 3 is 2.71 bits per heavy atom. The van der Waals surface area contributed by atoms with Crippen molar-refractivity contribution in [2.75, 3.05) is 26.0 Å². The summed E-state index contributed by atoms with van der Waals surface area (Å²) in [6.45, 7) is 2.84. The van der Waals surface area contributed by atoms with Gasteiger partial charge in [0.1, 0.15) is 5.75 Å². The Balaban J connectivity index is 2.75. The van der Waals surface area contributed by atoms with Crippen molar-refractivity contribution in [3.63, 3.8) is 0 Å². The monoisotopic (exact) mass is 257 g/mol. The molecule has 17 heavy (non-hydrogen) atoms. The van der Waals surface area contributed by atoms with Crippen molar-refractivity contribution < 1.29 is 13.7 Å². The zero-order chi connectivity index (χ0) is 12.7. The molecule has 0 saturated carbocycles. The van der Waals surface area contributed by atoms with E-state index in [-0.39, 0.29) is 6.10 Å². The summed E-state index contributed by atoms with van der Waals surface area (Å²) >= 11 is 0. The van der Waals surface area contributed by atoms with E-state index < -0.39 is 10.8 Å². The zero-order valence-electron chi connectivity index (χ0n) is 10.2. The summed E-state index contributed by atoms with van der Waals surface area (Å²) in [6, 6.07) is 7.29. The van der Waals surface area contributed by atoms with Gasteiger partial charge in [0, 0.05) is 13.2 Å². The van der Waals surface area contributed by atoms with Crippen LogP contribution in [0.4, 0.5) is 0 Å². The molecule has 0 heterocycles. The normalized spacial score (nSPS) is 14.3. The van der Waals surface area contributed by atoms with Gasteiger partial charge >= 0.3 is 0 Å². The first-order valence-electron chi connectivity index (χ1n) is 5.56. The van der Waals surface area contributed by atoms with Crippen molar-refractivity contribution in [2.24, 2.45) is 5.73 Å². The molecule has 0 spiro atoms. The molecule has 2 unspecified atom stereocenters. The first-order chi connectivity index (χ1) is 8.22. The highest BCUT2D eigenvalue weighted by Gasteiger charge is 2.15. The van der Waals surface area contributed by atoms with Crippen LogP contribution in [-0.2, 0) is 15.5 Å². The van der Waals surface area contributed by atoms with Crippen molar-refractivity contribution in [3.8, 4) is 5.75 Å². The van der Waals surface area contributed by atoms with E-state index in [0.29, 0.717) is 29.5 Å². The molecule has 0 bridgehead atoms. The van der Waals surface area contributed by atoms with Gasteiger partial charge in [-0.1, -0.05) is 12.1 Å². The molecule has 0 aliphatic carbocycles. The molecule has 0 aliphatic rings. The number of para-hydroxylation sites is 1. The number of hydrogen-bond donors (Lipinski definition) is 1. The van der Waals surface area contributed by atoms with E-state index in [1.807, 2.05) is 19.1 Å². The van der Waals surface area contributed by atoms with Gasteiger partial charge in [0.15, 0.2) is 0 Å². The molecule has 2 N–H and O–H groups in total. The Hall–Kier alpha value is -0.910. The fourth-order valence-electron chi connectivity index (χ4n) is 1.49. The molecule has 4 nitrogen and oxygen atoms in total. The molecule has 0 aliphatic heterocycles. The zero-order valence-corrected chi connectivity index (χ0v) is 11.0. The van der Waals surface area contributed by atoms with Crippen LogP contribution in [0.2, 0.25) is 0 Å². The van der Waals surface area contributed by atoms with Gasteiger partial charge in [0.2, 0.25) is 0 Å². The van der Waals surface area contributed by atoms with E-state index in [9.17, 15) is 4.21 Å². The maximum absolute atomic E-state index is 12.2. The average Bonchev–Trinajstić information content (AvgIpc) is 2.38. The third-order valence-electron chi connectivity index (χ3n) is 2.32. The number of hydrogen-bond acceptors (Lipinski definition) is 4. The number of ether oxygens (including phenoxy) is 2. The minimum absolute atomic E-state index is 0.175. The number of methoxy groups -OCH3 is 1. The first kappa shape index (κ1) is 14.2. The van der Waals surface area contributed by atoms with E-state index in [2.05, 4.69) is 0 Å². The lowest BCUT2D eigenvalue weighted by Gasteiger charge is -2.15. The average molecular weight is 257 g/mol. The molecule has 0 saturated heterocycles. The lowest BCUT2D eigenvalue weighted by atomic mass is 10.3. The van der Waals surface area contributed by atoms with Gasteiger partial charge in [-0.3, -0.25) is 4.21 Å². The van der Waals surface area contributed by atoms with Crippen LogP contribution >= 0.6 is 0 Å². The molecule has 0 amide bonds. The smallest absolute Gasteiger partial charge is 0.134 e. The van der Waals surface area contributed by atoms with Gasteiger partial charge in [-0.15, -0.1) is 0 Å². The van der Waals surface area contributed by atoms with Crippen LogP contribution in [-0.4, -0.2) is 36.3 Å². The van der Waals surface area contributed by atoms with E-state index in [1.54, 1.807) is 19.2 Å². The van der Waals surface area contributed by atoms with Gasteiger partial charge in [0.05, 0.1) is 34.7 Å². The van der Waals surface area contributed by atoms with Crippen LogP contribution in [0.1, 0.15) is 6.92 Å². The summed E-state index contributed by atoms with van der Waals surface area (Å²) in [4.78, 5) is 0.688. The molecule has 0 radical (unpaired) electrons. The van der Waals surface area contributed by atoms with Crippen LogP contribution in [0.3, 0.4) is 0 Å². The lowest BCUT2D eigenvalue weighted by molar-refractivity contribution is 0.0852. The fraction of sp³-hybridized carbons (Fsp3) is 0.500. The fourth-order valence-corrected chi connectivity index (χ4v) is 2.84. The van der Waals surface area contributed by atoms with Crippen LogP contribution < -0.4 is 10.5 Å². The topological polar surface area (TPSA) is 61.5 Å². The van der Waals surface area contributed by atoms with Crippen molar-refractivity contribution in [2.45, 2.75) is 17.9 Å². The van der Waals surface area contributed by atoms with Crippen LogP contribution in [0.5, 0.6) is 5.75 Å². The second-order valence-corrected chi connectivity index (χ2v) is 4.94. The summed E-state index contributed by atoms with van der Waals surface area (Å²) in [6.07, 6.45) is -0.175. The molecule has 1 aromatic rings. The SMILES string of the molecule is CCOC(CN)CS(=O)c1ccccc1OC. The van der Waals surface area contributed by atoms with Crippen LogP contribution in [0.15, 0.2) is 29.2 Å². The molecule has 2 atom stereocenters. The summed E-state index contributed by atoms with van der Waals surface area (Å²) in [5, 5.41) is 0. The highest BCUT2D eigenvalue weighted by Crippen LogP contribution is 2.21. The van der Waals surface area contributed by atoms with Crippen molar-refractivity contribution in [3.05, 3.63) is 24.3 Å². The minimum Gasteiger partial charge on any atom is -0.495 e. The Kier molecular flexibility index (Phi) is 6.18. The Morgan fingerprint density at radius 1 is 1.41 bits per heavy atom. The number of benzene rings is 1. The third kappa shape index (κ3) is 4.11. The molecule has 0 fully saturated rings. The highest BCUT2D eigenvalue weighted by atomic mass is 32.2. The Labute approximate surface area is 105 Å². The molecule has 5 heteroatoms. The second-order valence-electron chi connectivity index (χ2n) is 3.48. The maximum Gasteiger partial charge on any atom is 0.134 e. The quantitative estimate of drug-likeness (QED) is 0.796. The second kappa shape index (κ2) is 7.42.